The lowest BCUT2D eigenvalue weighted by molar-refractivity contribution is -0.116. The molecule has 0 saturated carbocycles. The molecule has 0 atom stereocenters. The third kappa shape index (κ3) is 4.78. The summed E-state index contributed by atoms with van der Waals surface area (Å²) in [6, 6.07) is 20.3. The van der Waals surface area contributed by atoms with Gasteiger partial charge in [-0.2, -0.15) is 0 Å². The molecule has 7 heteroatoms. The fourth-order valence-corrected chi connectivity index (χ4v) is 3.28. The van der Waals surface area contributed by atoms with Crippen molar-refractivity contribution in [3.05, 3.63) is 95.6 Å². The number of halogens is 1. The molecule has 0 saturated heterocycles. The molecule has 2 N–H and O–H groups in total. The average molecular weight is 416 g/mol. The summed E-state index contributed by atoms with van der Waals surface area (Å²) in [7, 11) is 0. The highest BCUT2D eigenvalue weighted by Crippen LogP contribution is 2.17. The van der Waals surface area contributed by atoms with Crippen molar-refractivity contribution in [2.24, 2.45) is 0 Å². The van der Waals surface area contributed by atoms with Gasteiger partial charge in [0.2, 0.25) is 5.91 Å². The van der Waals surface area contributed by atoms with Crippen LogP contribution in [0, 0.1) is 12.7 Å². The highest BCUT2D eigenvalue weighted by molar-refractivity contribution is 5.94. The van der Waals surface area contributed by atoms with Gasteiger partial charge in [-0.25, -0.2) is 9.37 Å². The minimum Gasteiger partial charge on any atom is -0.345 e. The van der Waals surface area contributed by atoms with Gasteiger partial charge >= 0.3 is 0 Å². The number of hydrogen-bond acceptors (Lipinski definition) is 3. The van der Waals surface area contributed by atoms with Crippen molar-refractivity contribution in [1.29, 1.82) is 0 Å². The van der Waals surface area contributed by atoms with Crippen LogP contribution in [-0.2, 0) is 17.9 Å². The maximum absolute atomic E-state index is 13.1. The summed E-state index contributed by atoms with van der Waals surface area (Å²) in [6.45, 7) is 2.14. The summed E-state index contributed by atoms with van der Waals surface area (Å²) in [5.74, 6) is -0.295. The van der Waals surface area contributed by atoms with Gasteiger partial charge in [-0.1, -0.05) is 29.8 Å². The lowest BCUT2D eigenvalue weighted by atomic mass is 10.1. The number of para-hydroxylation sites is 2. The fourth-order valence-electron chi connectivity index (χ4n) is 3.28. The molecule has 4 rings (SSSR count). The zero-order valence-corrected chi connectivity index (χ0v) is 16.9. The molecule has 4 aromatic rings. The lowest BCUT2D eigenvalue weighted by Crippen LogP contribution is -2.26. The van der Waals surface area contributed by atoms with E-state index in [-0.39, 0.29) is 30.7 Å². The van der Waals surface area contributed by atoms with Crippen molar-refractivity contribution in [1.82, 2.24) is 14.9 Å². The zero-order valence-electron chi connectivity index (χ0n) is 16.9. The predicted octanol–water partition coefficient (Wildman–Crippen LogP) is 4.05. The molecular weight excluding hydrogens is 395 g/mol. The number of benzene rings is 3. The monoisotopic (exact) mass is 416 g/mol. The molecule has 3 aromatic carbocycles. The minimum atomic E-state index is -0.370. The summed E-state index contributed by atoms with van der Waals surface area (Å²) in [4.78, 5) is 29.7. The van der Waals surface area contributed by atoms with Gasteiger partial charge in [0.15, 0.2) is 0 Å². The number of aromatic nitrogens is 2. The van der Waals surface area contributed by atoms with Crippen molar-refractivity contribution >= 4 is 28.5 Å². The van der Waals surface area contributed by atoms with Gasteiger partial charge in [-0.3, -0.25) is 9.59 Å². The molecule has 1 aromatic heterocycles. The Morgan fingerprint density at radius 3 is 2.42 bits per heavy atom. The Kier molecular flexibility index (Phi) is 5.75. The van der Waals surface area contributed by atoms with Crippen LogP contribution in [0.2, 0.25) is 0 Å². The normalized spacial score (nSPS) is 10.8. The number of fused-ring (bicyclic) bond motifs is 1. The van der Waals surface area contributed by atoms with E-state index in [1.165, 1.54) is 24.3 Å². The van der Waals surface area contributed by atoms with Crippen molar-refractivity contribution in [3.63, 3.8) is 0 Å². The second kappa shape index (κ2) is 8.79. The van der Waals surface area contributed by atoms with Crippen LogP contribution >= 0.6 is 0 Å². The van der Waals surface area contributed by atoms with E-state index < -0.39 is 0 Å². The molecular formula is C24H21FN4O2. The average Bonchev–Trinajstić information content (AvgIpc) is 3.11. The first-order chi connectivity index (χ1) is 15.0. The standard InChI is InChI=1S/C24H21FN4O2/c1-16-6-8-17(9-7-16)24(31)26-14-22-28-20-4-2-3-5-21(20)29(22)15-23(30)27-19-12-10-18(25)11-13-19/h2-13H,14-15H2,1H3,(H,26,31)(H,27,30). The highest BCUT2D eigenvalue weighted by atomic mass is 19.1. The number of aryl methyl sites for hydroxylation is 1. The van der Waals surface area contributed by atoms with E-state index in [0.29, 0.717) is 17.1 Å². The largest absolute Gasteiger partial charge is 0.345 e. The van der Waals surface area contributed by atoms with E-state index in [9.17, 15) is 14.0 Å². The molecule has 0 aliphatic rings. The summed E-state index contributed by atoms with van der Waals surface area (Å²) in [5, 5.41) is 5.62. The van der Waals surface area contributed by atoms with E-state index in [2.05, 4.69) is 15.6 Å². The topological polar surface area (TPSA) is 76.0 Å². The molecule has 2 amide bonds. The van der Waals surface area contributed by atoms with Crippen LogP contribution in [0.15, 0.2) is 72.8 Å². The van der Waals surface area contributed by atoms with Gasteiger partial charge in [0, 0.05) is 11.3 Å². The van der Waals surface area contributed by atoms with E-state index in [0.717, 1.165) is 16.6 Å². The summed E-state index contributed by atoms with van der Waals surface area (Å²) in [5.41, 5.74) is 3.66. The lowest BCUT2D eigenvalue weighted by Gasteiger charge is -2.11. The van der Waals surface area contributed by atoms with Gasteiger partial charge in [0.1, 0.15) is 18.2 Å². The Morgan fingerprint density at radius 1 is 0.968 bits per heavy atom. The summed E-state index contributed by atoms with van der Waals surface area (Å²) < 4.78 is 14.9. The van der Waals surface area contributed by atoms with Crippen LogP contribution in [0.25, 0.3) is 11.0 Å². The summed E-state index contributed by atoms with van der Waals surface area (Å²) in [6.07, 6.45) is 0. The summed E-state index contributed by atoms with van der Waals surface area (Å²) >= 11 is 0. The van der Waals surface area contributed by atoms with Crippen LogP contribution in [0.5, 0.6) is 0 Å². The quantitative estimate of drug-likeness (QED) is 0.498. The first-order valence-corrected chi connectivity index (χ1v) is 9.84. The number of imidazole rings is 1. The molecule has 0 aliphatic heterocycles. The Hall–Kier alpha value is -4.00. The second-order valence-corrected chi connectivity index (χ2v) is 7.21. The van der Waals surface area contributed by atoms with Crippen LogP contribution < -0.4 is 10.6 Å². The Bertz CT molecular complexity index is 1230. The van der Waals surface area contributed by atoms with Crippen molar-refractivity contribution in [3.8, 4) is 0 Å². The minimum absolute atomic E-state index is 0.00756. The van der Waals surface area contributed by atoms with Gasteiger partial charge in [0.25, 0.3) is 5.91 Å². The molecule has 31 heavy (non-hydrogen) atoms. The van der Waals surface area contributed by atoms with Gasteiger partial charge in [0.05, 0.1) is 17.6 Å². The van der Waals surface area contributed by atoms with Gasteiger partial charge in [-0.15, -0.1) is 0 Å². The van der Waals surface area contributed by atoms with E-state index >= 15 is 0 Å². The molecule has 1 heterocycles. The molecule has 0 radical (unpaired) electrons. The maximum atomic E-state index is 13.1. The zero-order chi connectivity index (χ0) is 21.8. The number of carbonyl (C=O) groups is 2. The third-order valence-corrected chi connectivity index (χ3v) is 4.88. The maximum Gasteiger partial charge on any atom is 0.251 e. The van der Waals surface area contributed by atoms with E-state index in [1.54, 1.807) is 16.7 Å². The molecule has 0 fully saturated rings. The molecule has 0 bridgehead atoms. The molecule has 0 aliphatic carbocycles. The predicted molar refractivity (Wildman–Crippen MR) is 117 cm³/mol. The first kappa shape index (κ1) is 20.3. The van der Waals surface area contributed by atoms with Crippen LogP contribution in [0.4, 0.5) is 10.1 Å². The number of rotatable bonds is 6. The van der Waals surface area contributed by atoms with Crippen molar-refractivity contribution in [2.45, 2.75) is 20.0 Å². The Morgan fingerprint density at radius 2 is 1.68 bits per heavy atom. The van der Waals surface area contributed by atoms with E-state index in [1.807, 2.05) is 43.3 Å². The Balaban J connectivity index is 1.52. The van der Waals surface area contributed by atoms with Gasteiger partial charge < -0.3 is 15.2 Å². The second-order valence-electron chi connectivity index (χ2n) is 7.21. The number of nitrogens with one attached hydrogen (secondary N) is 2. The molecule has 156 valence electrons. The number of amides is 2. The number of hydrogen-bond donors (Lipinski definition) is 2. The number of anilines is 1. The van der Waals surface area contributed by atoms with Crippen LogP contribution in [-0.4, -0.2) is 21.4 Å². The first-order valence-electron chi connectivity index (χ1n) is 9.84. The van der Waals surface area contributed by atoms with Crippen LogP contribution in [0.1, 0.15) is 21.7 Å². The third-order valence-electron chi connectivity index (χ3n) is 4.88. The number of nitrogens with zero attached hydrogens (tertiary/aromatic N) is 2. The number of carbonyl (C=O) groups excluding carboxylic acids is 2. The smallest absolute Gasteiger partial charge is 0.251 e. The van der Waals surface area contributed by atoms with Crippen molar-refractivity contribution < 1.29 is 14.0 Å². The van der Waals surface area contributed by atoms with Gasteiger partial charge in [-0.05, 0) is 55.5 Å². The van der Waals surface area contributed by atoms with Crippen LogP contribution in [0.3, 0.4) is 0 Å². The molecule has 0 spiro atoms. The fraction of sp³-hybridized carbons (Fsp3) is 0.125. The Labute approximate surface area is 178 Å². The van der Waals surface area contributed by atoms with E-state index in [4.69, 9.17) is 0 Å². The molecule has 0 unspecified atom stereocenters. The SMILES string of the molecule is Cc1ccc(C(=O)NCc2nc3ccccc3n2CC(=O)Nc2ccc(F)cc2)cc1. The van der Waals surface area contributed by atoms with Crippen molar-refractivity contribution in [2.75, 3.05) is 5.32 Å². The molecule has 6 nitrogen and oxygen atoms in total. The highest BCUT2D eigenvalue weighted by Gasteiger charge is 2.15.